The van der Waals surface area contributed by atoms with Crippen LogP contribution < -0.4 is 5.32 Å². The second-order valence-electron chi connectivity index (χ2n) is 4.49. The number of nitro groups is 1. The predicted molar refractivity (Wildman–Crippen MR) is 75.6 cm³/mol. The first kappa shape index (κ1) is 16.1. The highest BCUT2D eigenvalue weighted by molar-refractivity contribution is 6.17. The third-order valence-corrected chi connectivity index (χ3v) is 3.05. The lowest BCUT2D eigenvalue weighted by atomic mass is 10.1. The van der Waals surface area contributed by atoms with Gasteiger partial charge < -0.3 is 15.5 Å². The van der Waals surface area contributed by atoms with Crippen LogP contribution >= 0.6 is 0 Å². The number of hydrogen-bond acceptors (Lipinski definition) is 7. The van der Waals surface area contributed by atoms with Crippen molar-refractivity contribution in [3.8, 4) is 0 Å². The Hall–Kier alpha value is -3.27. The van der Waals surface area contributed by atoms with Gasteiger partial charge in [0, 0.05) is 18.2 Å². The first-order valence-corrected chi connectivity index (χ1v) is 6.32. The van der Waals surface area contributed by atoms with Crippen molar-refractivity contribution in [2.75, 3.05) is 18.5 Å². The van der Waals surface area contributed by atoms with Crippen LogP contribution in [-0.2, 0) is 9.59 Å². The number of carboxylic acids is 1. The molecule has 0 saturated carbocycles. The number of carbonyl (C=O) groups is 3. The summed E-state index contributed by atoms with van der Waals surface area (Å²) in [5.41, 5.74) is -1.09. The Morgan fingerprint density at radius 2 is 2.04 bits per heavy atom. The molecule has 10 heteroatoms. The highest BCUT2D eigenvalue weighted by Gasteiger charge is 2.31. The summed E-state index contributed by atoms with van der Waals surface area (Å²) >= 11 is 0. The topological polar surface area (TPSA) is 150 Å². The number of non-ortho nitro benzene ring substituents is 1. The van der Waals surface area contributed by atoms with Crippen LogP contribution in [0.3, 0.4) is 0 Å². The minimum atomic E-state index is -1.35. The molecule has 1 aromatic carbocycles. The number of nitrogens with one attached hydrogen (secondary N) is 1. The summed E-state index contributed by atoms with van der Waals surface area (Å²) in [5, 5.41) is 31.1. The quantitative estimate of drug-likeness (QED) is 0.375. The summed E-state index contributed by atoms with van der Waals surface area (Å²) in [6, 6.07) is 3.00. The van der Waals surface area contributed by atoms with Crippen molar-refractivity contribution < 1.29 is 29.5 Å². The molecule has 3 N–H and O–H groups in total. The van der Waals surface area contributed by atoms with Gasteiger partial charge in [0.1, 0.15) is 5.70 Å². The van der Waals surface area contributed by atoms with Gasteiger partial charge >= 0.3 is 5.97 Å². The first-order valence-electron chi connectivity index (χ1n) is 6.32. The summed E-state index contributed by atoms with van der Waals surface area (Å²) in [6.07, 6.45) is 0.933. The molecule has 0 unspecified atom stereocenters. The molecule has 0 radical (unpaired) electrons. The fraction of sp³-hybridized carbons (Fsp3) is 0.154. The van der Waals surface area contributed by atoms with E-state index in [0.29, 0.717) is 0 Å². The van der Waals surface area contributed by atoms with Gasteiger partial charge in [-0.15, -0.1) is 0 Å². The molecule has 0 bridgehead atoms. The van der Waals surface area contributed by atoms with E-state index in [9.17, 15) is 24.5 Å². The molecule has 1 aliphatic heterocycles. The number of benzene rings is 1. The molecule has 0 fully saturated rings. The molecule has 0 aromatic heterocycles. The fourth-order valence-electron chi connectivity index (χ4n) is 1.99. The van der Waals surface area contributed by atoms with Crippen LogP contribution in [0.15, 0.2) is 30.0 Å². The Morgan fingerprint density at radius 3 is 2.61 bits per heavy atom. The van der Waals surface area contributed by atoms with Gasteiger partial charge in [0.2, 0.25) is 0 Å². The number of nitro benzene ring substituents is 1. The molecule has 2 rings (SSSR count). The van der Waals surface area contributed by atoms with E-state index in [4.69, 9.17) is 10.2 Å². The third kappa shape index (κ3) is 3.16. The maximum atomic E-state index is 12.0. The Bertz CT molecular complexity index is 741. The van der Waals surface area contributed by atoms with Crippen molar-refractivity contribution in [3.63, 3.8) is 0 Å². The number of rotatable bonds is 6. The fourth-order valence-corrected chi connectivity index (χ4v) is 1.99. The molecule has 0 atom stereocenters. The van der Waals surface area contributed by atoms with Crippen LogP contribution in [0.25, 0.3) is 0 Å². The number of carboxylic acid groups (broad SMARTS) is 1. The number of nitrogens with zero attached hydrogens (tertiary/aromatic N) is 2. The summed E-state index contributed by atoms with van der Waals surface area (Å²) in [5.74, 6) is -2.78. The molecular formula is C13H11N3O7. The molecule has 1 heterocycles. The van der Waals surface area contributed by atoms with Crippen LogP contribution in [0.4, 0.5) is 11.4 Å². The van der Waals surface area contributed by atoms with Crippen LogP contribution in [0, 0.1) is 10.1 Å². The molecule has 2 amide bonds. The molecule has 0 aliphatic carbocycles. The number of aliphatic hydroxyl groups excluding tert-OH is 1. The SMILES string of the molecule is O=C(O)c1ccc([N+](=O)[O-])cc1NC1=CC(=O)N(CCO)C1=O. The number of β-amino-alcohol motifs (C(OH)–C–C–N with tert-alkyl or cyclic N) is 1. The van der Waals surface area contributed by atoms with Gasteiger partial charge in [-0.2, -0.15) is 0 Å². The van der Waals surface area contributed by atoms with Gasteiger partial charge in [0.15, 0.2) is 0 Å². The predicted octanol–water partition coefficient (Wildman–Crippen LogP) is -0.0501. The number of hydrogen-bond donors (Lipinski definition) is 3. The summed E-state index contributed by atoms with van der Waals surface area (Å²) in [7, 11) is 0. The van der Waals surface area contributed by atoms with E-state index in [1.165, 1.54) is 0 Å². The van der Waals surface area contributed by atoms with Crippen molar-refractivity contribution in [2.45, 2.75) is 0 Å². The zero-order chi connectivity index (χ0) is 17.1. The van der Waals surface area contributed by atoms with Gasteiger partial charge in [-0.1, -0.05) is 0 Å². The third-order valence-electron chi connectivity index (χ3n) is 3.05. The normalized spacial score (nSPS) is 14.0. The average molecular weight is 321 g/mol. The molecule has 1 aromatic rings. The lowest BCUT2D eigenvalue weighted by Crippen LogP contribution is -2.34. The molecule has 23 heavy (non-hydrogen) atoms. The monoisotopic (exact) mass is 321 g/mol. The van der Waals surface area contributed by atoms with Gasteiger partial charge in [-0.25, -0.2) is 4.79 Å². The molecule has 1 aliphatic rings. The lowest BCUT2D eigenvalue weighted by Gasteiger charge is -2.14. The van der Waals surface area contributed by atoms with Crippen LogP contribution in [0.5, 0.6) is 0 Å². The number of aliphatic hydroxyl groups is 1. The van der Waals surface area contributed by atoms with Crippen molar-refractivity contribution in [2.24, 2.45) is 0 Å². The second kappa shape index (κ2) is 6.23. The average Bonchev–Trinajstić information content (AvgIpc) is 2.75. The minimum Gasteiger partial charge on any atom is -0.478 e. The van der Waals surface area contributed by atoms with E-state index < -0.39 is 29.3 Å². The Kier molecular flexibility index (Phi) is 4.37. The lowest BCUT2D eigenvalue weighted by molar-refractivity contribution is -0.384. The number of amides is 2. The van der Waals surface area contributed by atoms with E-state index in [1.807, 2.05) is 0 Å². The summed E-state index contributed by atoms with van der Waals surface area (Å²) in [6.45, 7) is -0.629. The Morgan fingerprint density at radius 1 is 1.35 bits per heavy atom. The van der Waals surface area contributed by atoms with Gasteiger partial charge in [0.05, 0.1) is 29.3 Å². The van der Waals surface area contributed by atoms with Gasteiger partial charge in [-0.05, 0) is 6.07 Å². The van der Waals surface area contributed by atoms with E-state index in [2.05, 4.69) is 5.32 Å². The minimum absolute atomic E-state index is 0.190. The largest absolute Gasteiger partial charge is 0.478 e. The van der Waals surface area contributed by atoms with Crippen molar-refractivity contribution in [3.05, 3.63) is 45.6 Å². The van der Waals surface area contributed by atoms with E-state index >= 15 is 0 Å². The highest BCUT2D eigenvalue weighted by Crippen LogP contribution is 2.25. The zero-order valence-electron chi connectivity index (χ0n) is 11.6. The maximum absolute atomic E-state index is 12.0. The smallest absolute Gasteiger partial charge is 0.337 e. The van der Waals surface area contributed by atoms with Crippen LogP contribution in [0.1, 0.15) is 10.4 Å². The summed E-state index contributed by atoms with van der Waals surface area (Å²) < 4.78 is 0. The number of anilines is 1. The van der Waals surface area contributed by atoms with E-state index in [0.717, 1.165) is 29.2 Å². The Labute approximate surface area is 128 Å². The number of aromatic carboxylic acids is 1. The Balaban J connectivity index is 2.36. The van der Waals surface area contributed by atoms with E-state index in [-0.39, 0.29) is 29.2 Å². The zero-order valence-corrected chi connectivity index (χ0v) is 11.6. The standard InChI is InChI=1S/C13H11N3O7/c17-4-3-15-11(18)6-10(12(15)19)14-9-5-7(16(22)23)1-2-8(9)13(20)21/h1-2,5-6,14,17H,3-4H2,(H,20,21). The van der Waals surface area contributed by atoms with Crippen LogP contribution in [0.2, 0.25) is 0 Å². The maximum Gasteiger partial charge on any atom is 0.337 e. The van der Waals surface area contributed by atoms with Crippen molar-refractivity contribution >= 4 is 29.2 Å². The molecule has 0 saturated heterocycles. The highest BCUT2D eigenvalue weighted by atomic mass is 16.6. The van der Waals surface area contributed by atoms with Crippen LogP contribution in [-0.4, -0.2) is 51.0 Å². The van der Waals surface area contributed by atoms with Gasteiger partial charge in [-0.3, -0.25) is 24.6 Å². The molecule has 120 valence electrons. The molecular weight excluding hydrogens is 310 g/mol. The van der Waals surface area contributed by atoms with Crippen molar-refractivity contribution in [1.29, 1.82) is 0 Å². The number of imide groups is 1. The second-order valence-corrected chi connectivity index (χ2v) is 4.49. The first-order chi connectivity index (χ1) is 10.8. The number of carbonyl (C=O) groups excluding carboxylic acids is 2. The molecule has 10 nitrogen and oxygen atoms in total. The van der Waals surface area contributed by atoms with Crippen molar-refractivity contribution in [1.82, 2.24) is 4.90 Å². The summed E-state index contributed by atoms with van der Waals surface area (Å²) in [4.78, 5) is 45.6. The van der Waals surface area contributed by atoms with E-state index in [1.54, 1.807) is 0 Å². The molecule has 0 spiro atoms. The van der Waals surface area contributed by atoms with Gasteiger partial charge in [0.25, 0.3) is 17.5 Å².